The molecule has 0 amide bonds. The molecule has 2 nitrogen and oxygen atoms in total. The third-order valence-corrected chi connectivity index (χ3v) is 3.09. The van der Waals surface area contributed by atoms with E-state index in [4.69, 9.17) is 4.74 Å². The number of nitrogens with one attached hydrogen (secondary N) is 1. The minimum Gasteiger partial charge on any atom is -0.492 e. The van der Waals surface area contributed by atoms with Crippen LogP contribution in [-0.4, -0.2) is 19.2 Å². The number of rotatable bonds is 3. The third-order valence-electron chi connectivity index (χ3n) is 3.09. The number of benzene rings is 1. The highest BCUT2D eigenvalue weighted by molar-refractivity contribution is 5.38. The molecule has 1 aromatic carbocycles. The van der Waals surface area contributed by atoms with Crippen molar-refractivity contribution in [2.45, 2.75) is 32.2 Å². The highest BCUT2D eigenvalue weighted by Gasteiger charge is 2.26. The summed E-state index contributed by atoms with van der Waals surface area (Å²) in [6.07, 6.45) is 1.17. The van der Waals surface area contributed by atoms with E-state index in [1.54, 1.807) is 0 Å². The Morgan fingerprint density at radius 1 is 1.40 bits per heavy atom. The van der Waals surface area contributed by atoms with Gasteiger partial charge in [0, 0.05) is 12.0 Å². The predicted octanol–water partition coefficient (Wildman–Crippen LogP) is 2.55. The van der Waals surface area contributed by atoms with Crippen LogP contribution in [0.25, 0.3) is 0 Å². The van der Waals surface area contributed by atoms with Crippen molar-refractivity contribution in [2.24, 2.45) is 0 Å². The maximum atomic E-state index is 5.74. The van der Waals surface area contributed by atoms with Crippen molar-refractivity contribution in [1.29, 1.82) is 0 Å². The molecule has 2 heteroatoms. The highest BCUT2D eigenvalue weighted by atomic mass is 16.5. The Morgan fingerprint density at radius 2 is 2.20 bits per heavy atom. The fourth-order valence-corrected chi connectivity index (χ4v) is 2.09. The van der Waals surface area contributed by atoms with E-state index in [2.05, 4.69) is 37.4 Å². The first-order valence-electron chi connectivity index (χ1n) is 5.78. The Hall–Kier alpha value is -1.02. The van der Waals surface area contributed by atoms with Crippen LogP contribution in [0.1, 0.15) is 31.7 Å². The molecule has 0 saturated carbocycles. The van der Waals surface area contributed by atoms with Gasteiger partial charge < -0.3 is 10.1 Å². The van der Waals surface area contributed by atoms with E-state index in [1.807, 2.05) is 6.07 Å². The van der Waals surface area contributed by atoms with Crippen LogP contribution in [0, 0.1) is 0 Å². The molecular weight excluding hydrogens is 186 g/mol. The van der Waals surface area contributed by atoms with Crippen LogP contribution in [0.2, 0.25) is 0 Å². The van der Waals surface area contributed by atoms with Crippen LogP contribution >= 0.6 is 0 Å². The Morgan fingerprint density at radius 3 is 3.00 bits per heavy atom. The van der Waals surface area contributed by atoms with Crippen molar-refractivity contribution in [2.75, 3.05) is 13.2 Å². The first-order chi connectivity index (χ1) is 7.33. The van der Waals surface area contributed by atoms with Crippen LogP contribution in [0.4, 0.5) is 0 Å². The van der Waals surface area contributed by atoms with Gasteiger partial charge in [0.15, 0.2) is 0 Å². The Bertz CT molecular complexity index is 324. The average molecular weight is 205 g/mol. The molecule has 0 aliphatic carbocycles. The zero-order valence-corrected chi connectivity index (χ0v) is 9.49. The van der Waals surface area contributed by atoms with Crippen molar-refractivity contribution in [1.82, 2.24) is 5.32 Å². The number of fused-ring (bicyclic) bond motifs is 1. The molecule has 1 N–H and O–H groups in total. The van der Waals surface area contributed by atoms with Gasteiger partial charge in [0.25, 0.3) is 0 Å². The third kappa shape index (κ3) is 2.15. The van der Waals surface area contributed by atoms with E-state index in [-0.39, 0.29) is 0 Å². The molecule has 0 bridgehead atoms. The summed E-state index contributed by atoms with van der Waals surface area (Å²) >= 11 is 0. The average Bonchev–Trinajstić information content (AvgIpc) is 2.29. The SMILES string of the molecule is CCCN[C@H]1COc2ccccc2[C@@H]1C. The molecular formula is C13H19NO. The van der Waals surface area contributed by atoms with Crippen molar-refractivity contribution >= 4 is 0 Å². The fraction of sp³-hybridized carbons (Fsp3) is 0.538. The first kappa shape index (κ1) is 10.5. The second kappa shape index (κ2) is 4.67. The Kier molecular flexibility index (Phi) is 3.27. The second-order valence-corrected chi connectivity index (χ2v) is 4.20. The Labute approximate surface area is 91.6 Å². The molecule has 1 aliphatic rings. The summed E-state index contributed by atoms with van der Waals surface area (Å²) in [7, 11) is 0. The topological polar surface area (TPSA) is 21.3 Å². The molecule has 2 atom stereocenters. The van der Waals surface area contributed by atoms with Gasteiger partial charge in [-0.1, -0.05) is 32.0 Å². The van der Waals surface area contributed by atoms with Gasteiger partial charge in [-0.3, -0.25) is 0 Å². The molecule has 2 rings (SSSR count). The lowest BCUT2D eigenvalue weighted by Gasteiger charge is -2.32. The number of para-hydroxylation sites is 1. The van der Waals surface area contributed by atoms with Crippen LogP contribution in [0.15, 0.2) is 24.3 Å². The van der Waals surface area contributed by atoms with E-state index in [1.165, 1.54) is 12.0 Å². The zero-order valence-electron chi connectivity index (χ0n) is 9.49. The molecule has 82 valence electrons. The number of hydrogen-bond donors (Lipinski definition) is 1. The maximum Gasteiger partial charge on any atom is 0.122 e. The van der Waals surface area contributed by atoms with Gasteiger partial charge in [0.2, 0.25) is 0 Å². The van der Waals surface area contributed by atoms with E-state index >= 15 is 0 Å². The monoisotopic (exact) mass is 205 g/mol. The predicted molar refractivity (Wildman–Crippen MR) is 62.4 cm³/mol. The fourth-order valence-electron chi connectivity index (χ4n) is 2.09. The van der Waals surface area contributed by atoms with Crippen molar-refractivity contribution < 1.29 is 4.74 Å². The lowest BCUT2D eigenvalue weighted by atomic mass is 9.91. The molecule has 0 fully saturated rings. The van der Waals surface area contributed by atoms with Crippen LogP contribution in [-0.2, 0) is 0 Å². The van der Waals surface area contributed by atoms with Crippen molar-refractivity contribution in [3.05, 3.63) is 29.8 Å². The summed E-state index contributed by atoms with van der Waals surface area (Å²) in [4.78, 5) is 0. The molecule has 0 radical (unpaired) electrons. The van der Waals surface area contributed by atoms with Crippen LogP contribution < -0.4 is 10.1 Å². The molecule has 1 heterocycles. The highest BCUT2D eigenvalue weighted by Crippen LogP contribution is 2.32. The molecule has 0 aromatic heterocycles. The molecule has 15 heavy (non-hydrogen) atoms. The molecule has 1 aromatic rings. The van der Waals surface area contributed by atoms with Crippen LogP contribution in [0.3, 0.4) is 0 Å². The second-order valence-electron chi connectivity index (χ2n) is 4.20. The minimum atomic E-state index is 0.458. The van der Waals surface area contributed by atoms with E-state index < -0.39 is 0 Å². The molecule has 1 aliphatic heterocycles. The molecule has 0 saturated heterocycles. The summed E-state index contributed by atoms with van der Waals surface area (Å²) in [6.45, 7) is 6.32. The first-order valence-corrected chi connectivity index (χ1v) is 5.78. The Balaban J connectivity index is 2.11. The van der Waals surface area contributed by atoms with Gasteiger partial charge in [0.1, 0.15) is 12.4 Å². The van der Waals surface area contributed by atoms with Crippen LogP contribution in [0.5, 0.6) is 5.75 Å². The van der Waals surface area contributed by atoms with Gasteiger partial charge in [-0.2, -0.15) is 0 Å². The van der Waals surface area contributed by atoms with E-state index in [0.29, 0.717) is 12.0 Å². The minimum absolute atomic E-state index is 0.458. The normalized spacial score (nSPS) is 24.4. The standard InChI is InChI=1S/C13H19NO/c1-3-8-14-12-9-15-13-7-5-4-6-11(13)10(12)2/h4-7,10,12,14H,3,8-9H2,1-2H3/t10-,12-/m0/s1. The maximum absolute atomic E-state index is 5.74. The van der Waals surface area contributed by atoms with Gasteiger partial charge in [-0.15, -0.1) is 0 Å². The quantitative estimate of drug-likeness (QED) is 0.818. The summed E-state index contributed by atoms with van der Waals surface area (Å²) in [5, 5.41) is 3.54. The van der Waals surface area contributed by atoms with E-state index in [9.17, 15) is 0 Å². The van der Waals surface area contributed by atoms with Crippen molar-refractivity contribution in [3.63, 3.8) is 0 Å². The van der Waals surface area contributed by atoms with Gasteiger partial charge >= 0.3 is 0 Å². The summed E-state index contributed by atoms with van der Waals surface area (Å²) < 4.78 is 5.74. The zero-order chi connectivity index (χ0) is 10.7. The van der Waals surface area contributed by atoms with Gasteiger partial charge in [-0.05, 0) is 24.6 Å². The summed E-state index contributed by atoms with van der Waals surface area (Å²) in [5.41, 5.74) is 1.33. The van der Waals surface area contributed by atoms with Gasteiger partial charge in [-0.25, -0.2) is 0 Å². The lowest BCUT2D eigenvalue weighted by Crippen LogP contribution is -2.41. The summed E-state index contributed by atoms with van der Waals surface area (Å²) in [6, 6.07) is 8.80. The molecule has 0 unspecified atom stereocenters. The van der Waals surface area contributed by atoms with Gasteiger partial charge in [0.05, 0.1) is 0 Å². The number of hydrogen-bond acceptors (Lipinski definition) is 2. The summed E-state index contributed by atoms with van der Waals surface area (Å²) in [5.74, 6) is 1.60. The lowest BCUT2D eigenvalue weighted by molar-refractivity contribution is 0.219. The van der Waals surface area contributed by atoms with Crippen molar-refractivity contribution in [3.8, 4) is 5.75 Å². The molecule has 0 spiro atoms. The van der Waals surface area contributed by atoms with E-state index in [0.717, 1.165) is 18.9 Å². The largest absolute Gasteiger partial charge is 0.492 e. The number of ether oxygens (including phenoxy) is 1. The smallest absolute Gasteiger partial charge is 0.122 e.